The second-order valence-electron chi connectivity index (χ2n) is 5.90. The van der Waals surface area contributed by atoms with Crippen molar-refractivity contribution in [2.75, 3.05) is 0 Å². The molecule has 4 aromatic rings. The van der Waals surface area contributed by atoms with E-state index in [9.17, 15) is 9.90 Å². The van der Waals surface area contributed by atoms with Crippen LogP contribution in [0.3, 0.4) is 0 Å². The Morgan fingerprint density at radius 1 is 1.12 bits per heavy atom. The highest BCUT2D eigenvalue weighted by Crippen LogP contribution is 2.27. The topological polar surface area (TPSA) is 90.4 Å². The van der Waals surface area contributed by atoms with Crippen molar-refractivity contribution in [2.45, 2.75) is 6.42 Å². The van der Waals surface area contributed by atoms with Crippen LogP contribution >= 0.6 is 0 Å². The second-order valence-corrected chi connectivity index (χ2v) is 5.90. The van der Waals surface area contributed by atoms with Gasteiger partial charge in [-0.2, -0.15) is 5.10 Å². The van der Waals surface area contributed by atoms with Gasteiger partial charge in [-0.25, -0.2) is 10.4 Å². The number of para-hydroxylation sites is 2. The minimum absolute atomic E-state index is 0.0930. The van der Waals surface area contributed by atoms with Gasteiger partial charge < -0.3 is 10.1 Å². The van der Waals surface area contributed by atoms with Crippen LogP contribution in [0, 0.1) is 0 Å². The normalized spacial score (nSPS) is 11.4. The van der Waals surface area contributed by atoms with Crippen LogP contribution in [0.25, 0.3) is 21.8 Å². The quantitative estimate of drug-likeness (QED) is 0.392. The summed E-state index contributed by atoms with van der Waals surface area (Å²) in [5, 5.41) is 15.9. The average molecular weight is 344 g/mol. The van der Waals surface area contributed by atoms with Crippen molar-refractivity contribution in [3.8, 4) is 5.75 Å². The predicted octanol–water partition coefficient (Wildman–Crippen LogP) is 3.11. The van der Waals surface area contributed by atoms with Crippen LogP contribution in [-0.2, 0) is 11.2 Å². The number of aromatic hydroxyl groups is 1. The first kappa shape index (κ1) is 15.8. The molecule has 4 rings (SSSR count). The molecule has 1 heterocycles. The number of benzene rings is 3. The lowest BCUT2D eigenvalue weighted by molar-refractivity contribution is -0.120. The largest absolute Gasteiger partial charge is 0.507 e. The van der Waals surface area contributed by atoms with Gasteiger partial charge in [-0.05, 0) is 23.6 Å². The summed E-state index contributed by atoms with van der Waals surface area (Å²) < 4.78 is 0. The van der Waals surface area contributed by atoms with Gasteiger partial charge in [-0.1, -0.05) is 42.5 Å². The van der Waals surface area contributed by atoms with Crippen LogP contribution in [0.2, 0.25) is 0 Å². The van der Waals surface area contributed by atoms with Crippen molar-refractivity contribution < 1.29 is 9.90 Å². The molecule has 6 heteroatoms. The molecule has 128 valence electrons. The average Bonchev–Trinajstić information content (AvgIpc) is 3.06. The molecular formula is C20H16N4O2. The van der Waals surface area contributed by atoms with E-state index in [1.165, 1.54) is 6.21 Å². The highest BCUT2D eigenvalue weighted by molar-refractivity contribution is 5.97. The first-order valence-corrected chi connectivity index (χ1v) is 8.17. The number of phenols is 1. The number of aromatic nitrogens is 2. The summed E-state index contributed by atoms with van der Waals surface area (Å²) in [4.78, 5) is 19.5. The number of carbonyl (C=O) groups excluding carboxylic acids is 1. The van der Waals surface area contributed by atoms with Gasteiger partial charge in [-0.3, -0.25) is 4.79 Å². The zero-order chi connectivity index (χ0) is 17.9. The van der Waals surface area contributed by atoms with E-state index in [1.54, 1.807) is 6.07 Å². The van der Waals surface area contributed by atoms with Crippen molar-refractivity contribution in [1.82, 2.24) is 15.4 Å². The fraction of sp³-hybridized carbons (Fsp3) is 0.0500. The number of hydrogen-bond donors (Lipinski definition) is 3. The van der Waals surface area contributed by atoms with Gasteiger partial charge in [0, 0.05) is 10.9 Å². The second kappa shape index (κ2) is 6.68. The maximum atomic E-state index is 12.0. The van der Waals surface area contributed by atoms with Crippen LogP contribution < -0.4 is 5.43 Å². The molecule has 0 fully saturated rings. The van der Waals surface area contributed by atoms with Gasteiger partial charge in [0.15, 0.2) is 0 Å². The molecule has 1 amide bonds. The molecule has 0 saturated heterocycles. The summed E-state index contributed by atoms with van der Waals surface area (Å²) in [5.74, 6) is 0.423. The molecule has 0 spiro atoms. The van der Waals surface area contributed by atoms with Crippen molar-refractivity contribution >= 4 is 33.9 Å². The molecule has 3 aromatic carbocycles. The lowest BCUT2D eigenvalue weighted by atomic mass is 10.1. The summed E-state index contributed by atoms with van der Waals surface area (Å²) >= 11 is 0. The maximum Gasteiger partial charge on any atom is 0.247 e. The number of phenolic OH excluding ortho intramolecular Hbond substituents is 1. The van der Waals surface area contributed by atoms with Crippen LogP contribution in [-0.4, -0.2) is 27.2 Å². The zero-order valence-electron chi connectivity index (χ0n) is 13.8. The van der Waals surface area contributed by atoms with Crippen LogP contribution in [0.5, 0.6) is 5.75 Å². The van der Waals surface area contributed by atoms with Gasteiger partial charge in [0.05, 0.1) is 23.7 Å². The van der Waals surface area contributed by atoms with E-state index in [-0.39, 0.29) is 18.1 Å². The molecule has 0 saturated carbocycles. The number of fused-ring (bicyclic) bond motifs is 2. The maximum absolute atomic E-state index is 12.0. The smallest absolute Gasteiger partial charge is 0.247 e. The van der Waals surface area contributed by atoms with Gasteiger partial charge in [0.25, 0.3) is 0 Å². The molecule has 0 radical (unpaired) electrons. The Kier molecular flexibility index (Phi) is 4.07. The Morgan fingerprint density at radius 2 is 1.92 bits per heavy atom. The molecule has 0 unspecified atom stereocenters. The van der Waals surface area contributed by atoms with Gasteiger partial charge in [0.2, 0.25) is 5.91 Å². The van der Waals surface area contributed by atoms with E-state index in [4.69, 9.17) is 0 Å². The number of imidazole rings is 1. The van der Waals surface area contributed by atoms with Crippen molar-refractivity contribution in [2.24, 2.45) is 5.10 Å². The standard InChI is InChI=1S/C20H16N4O2/c25-19(11-18-22-16-7-3-4-8-17(16)23-18)24-21-12-14-10-9-13-5-1-2-6-15(13)20(14)26/h1-10,12,26H,11H2,(H,22,23)(H,24,25)/b21-12+. The molecule has 0 atom stereocenters. The van der Waals surface area contributed by atoms with E-state index >= 15 is 0 Å². The molecule has 26 heavy (non-hydrogen) atoms. The highest BCUT2D eigenvalue weighted by Gasteiger charge is 2.08. The highest BCUT2D eigenvalue weighted by atomic mass is 16.3. The van der Waals surface area contributed by atoms with Crippen molar-refractivity contribution in [3.05, 3.63) is 72.1 Å². The Morgan fingerprint density at radius 3 is 2.81 bits per heavy atom. The minimum atomic E-state index is -0.291. The number of amides is 1. The molecule has 0 aliphatic carbocycles. The molecule has 1 aromatic heterocycles. The molecular weight excluding hydrogens is 328 g/mol. The molecule has 3 N–H and O–H groups in total. The number of hydrazone groups is 1. The van der Waals surface area contributed by atoms with E-state index in [0.29, 0.717) is 11.4 Å². The fourth-order valence-electron chi connectivity index (χ4n) is 2.83. The Hall–Kier alpha value is -3.67. The van der Waals surface area contributed by atoms with E-state index in [1.807, 2.05) is 54.6 Å². The van der Waals surface area contributed by atoms with E-state index < -0.39 is 0 Å². The van der Waals surface area contributed by atoms with Crippen LogP contribution in [0.1, 0.15) is 11.4 Å². The Labute approximate surface area is 149 Å². The third-order valence-electron chi connectivity index (χ3n) is 4.09. The number of carbonyl (C=O) groups is 1. The Balaban J connectivity index is 1.44. The number of rotatable bonds is 4. The third kappa shape index (κ3) is 3.12. The monoisotopic (exact) mass is 344 g/mol. The third-order valence-corrected chi connectivity index (χ3v) is 4.09. The summed E-state index contributed by atoms with van der Waals surface area (Å²) in [6.45, 7) is 0. The number of aromatic amines is 1. The zero-order valence-corrected chi connectivity index (χ0v) is 13.8. The van der Waals surface area contributed by atoms with Gasteiger partial charge >= 0.3 is 0 Å². The molecule has 0 aliphatic rings. The molecule has 0 aliphatic heterocycles. The number of nitrogens with zero attached hydrogens (tertiary/aromatic N) is 2. The number of nitrogens with one attached hydrogen (secondary N) is 2. The lowest BCUT2D eigenvalue weighted by Gasteiger charge is -2.04. The summed E-state index contributed by atoms with van der Waals surface area (Å²) in [7, 11) is 0. The predicted molar refractivity (Wildman–Crippen MR) is 101 cm³/mol. The fourth-order valence-corrected chi connectivity index (χ4v) is 2.83. The number of H-pyrrole nitrogens is 1. The van der Waals surface area contributed by atoms with Gasteiger partial charge in [-0.15, -0.1) is 0 Å². The van der Waals surface area contributed by atoms with Crippen molar-refractivity contribution in [3.63, 3.8) is 0 Å². The lowest BCUT2D eigenvalue weighted by Crippen LogP contribution is -2.20. The minimum Gasteiger partial charge on any atom is -0.507 e. The van der Waals surface area contributed by atoms with Gasteiger partial charge in [0.1, 0.15) is 11.6 Å². The molecule has 6 nitrogen and oxygen atoms in total. The van der Waals surface area contributed by atoms with Crippen LogP contribution in [0.4, 0.5) is 0 Å². The van der Waals surface area contributed by atoms with E-state index in [2.05, 4.69) is 20.5 Å². The summed E-state index contributed by atoms with van der Waals surface area (Å²) in [6, 6.07) is 18.8. The first-order valence-electron chi connectivity index (χ1n) is 8.17. The Bertz CT molecular complexity index is 1100. The SMILES string of the molecule is O=C(Cc1nc2ccccc2[nH]1)N/N=C/c1ccc2ccccc2c1O. The summed E-state index contributed by atoms with van der Waals surface area (Å²) in [5.41, 5.74) is 4.70. The van der Waals surface area contributed by atoms with Crippen LogP contribution in [0.15, 0.2) is 65.8 Å². The first-order chi connectivity index (χ1) is 12.7. The summed E-state index contributed by atoms with van der Waals surface area (Å²) in [6.07, 6.45) is 1.52. The van der Waals surface area contributed by atoms with E-state index in [0.717, 1.165) is 21.8 Å². The molecule has 0 bridgehead atoms. The van der Waals surface area contributed by atoms with Crippen molar-refractivity contribution in [1.29, 1.82) is 0 Å². The number of hydrogen-bond acceptors (Lipinski definition) is 4.